The van der Waals surface area contributed by atoms with E-state index in [4.69, 9.17) is 0 Å². The molecule has 7 heteroatoms. The van der Waals surface area contributed by atoms with Crippen LogP contribution in [-0.2, 0) is 16.6 Å². The number of nitrogens with one attached hydrogen (secondary N) is 2. The topological polar surface area (TPSA) is 76.0 Å². The van der Waals surface area contributed by atoms with Crippen LogP contribution in [0.2, 0.25) is 0 Å². The number of rotatable bonds is 11. The summed E-state index contributed by atoms with van der Waals surface area (Å²) >= 11 is 0. The van der Waals surface area contributed by atoms with Gasteiger partial charge in [0, 0.05) is 19.3 Å². The van der Waals surface area contributed by atoms with Gasteiger partial charge in [0.1, 0.15) is 4.90 Å². The third kappa shape index (κ3) is 7.06. The van der Waals surface area contributed by atoms with Crippen LogP contribution in [0.25, 0.3) is 0 Å². The molecule has 21 heavy (non-hydrogen) atoms. The minimum Gasteiger partial charge on any atom is -0.317 e. The summed E-state index contributed by atoms with van der Waals surface area (Å²) in [5.41, 5.74) is 0. The van der Waals surface area contributed by atoms with Crippen molar-refractivity contribution >= 4 is 10.0 Å². The lowest BCUT2D eigenvalue weighted by molar-refractivity contribution is 0.540. The molecule has 1 aromatic rings. The standard InChI is InChI=1S/C14H28N4O2S/c1-4-7-15-8-5-10-18-12-14(11-16-18)21(19,20)17-9-6-13(2)3/h11-13,15,17H,4-10H2,1-3H3. The van der Waals surface area contributed by atoms with Crippen molar-refractivity contribution in [1.29, 1.82) is 0 Å². The third-order valence-corrected chi connectivity index (χ3v) is 4.52. The van der Waals surface area contributed by atoms with Crippen LogP contribution < -0.4 is 10.0 Å². The summed E-state index contributed by atoms with van der Waals surface area (Å²) < 4.78 is 28.4. The van der Waals surface area contributed by atoms with E-state index in [-0.39, 0.29) is 4.90 Å². The molecule has 0 radical (unpaired) electrons. The molecule has 0 aliphatic rings. The Morgan fingerprint density at radius 2 is 2.05 bits per heavy atom. The Morgan fingerprint density at radius 1 is 1.29 bits per heavy atom. The second-order valence-electron chi connectivity index (χ2n) is 5.62. The molecular weight excluding hydrogens is 288 g/mol. The van der Waals surface area contributed by atoms with Gasteiger partial charge in [0.15, 0.2) is 0 Å². The Bertz CT molecular complexity index is 497. The van der Waals surface area contributed by atoms with E-state index in [2.05, 4.69) is 35.9 Å². The van der Waals surface area contributed by atoms with Crippen LogP contribution in [0.4, 0.5) is 0 Å². The zero-order valence-electron chi connectivity index (χ0n) is 13.3. The molecule has 0 amide bonds. The largest absolute Gasteiger partial charge is 0.317 e. The predicted molar refractivity (Wildman–Crippen MR) is 84.6 cm³/mol. The molecule has 0 saturated carbocycles. The second-order valence-corrected chi connectivity index (χ2v) is 7.39. The van der Waals surface area contributed by atoms with Gasteiger partial charge < -0.3 is 5.32 Å². The SMILES string of the molecule is CCCNCCCn1cc(S(=O)(=O)NCCC(C)C)cn1. The van der Waals surface area contributed by atoms with Gasteiger partial charge in [-0.1, -0.05) is 20.8 Å². The van der Waals surface area contributed by atoms with Crippen LogP contribution in [0, 0.1) is 5.92 Å². The van der Waals surface area contributed by atoms with Crippen molar-refractivity contribution in [2.75, 3.05) is 19.6 Å². The molecule has 0 saturated heterocycles. The van der Waals surface area contributed by atoms with E-state index in [1.807, 2.05) is 0 Å². The predicted octanol–water partition coefficient (Wildman–Crippen LogP) is 1.60. The Labute approximate surface area is 128 Å². The maximum atomic E-state index is 12.1. The molecule has 6 nitrogen and oxygen atoms in total. The number of sulfonamides is 1. The molecule has 0 aliphatic carbocycles. The Hall–Kier alpha value is -0.920. The summed E-state index contributed by atoms with van der Waals surface area (Å²) in [6, 6.07) is 0. The monoisotopic (exact) mass is 316 g/mol. The number of nitrogens with zero attached hydrogens (tertiary/aromatic N) is 2. The van der Waals surface area contributed by atoms with Crippen molar-refractivity contribution < 1.29 is 8.42 Å². The Morgan fingerprint density at radius 3 is 2.71 bits per heavy atom. The van der Waals surface area contributed by atoms with Crippen molar-refractivity contribution in [1.82, 2.24) is 19.8 Å². The summed E-state index contributed by atoms with van der Waals surface area (Å²) in [4.78, 5) is 0.243. The summed E-state index contributed by atoms with van der Waals surface area (Å²) in [6.45, 7) is 9.38. The summed E-state index contributed by atoms with van der Waals surface area (Å²) in [5, 5.41) is 7.42. The van der Waals surface area contributed by atoms with Gasteiger partial charge in [-0.25, -0.2) is 13.1 Å². The molecule has 0 atom stereocenters. The van der Waals surface area contributed by atoms with Gasteiger partial charge in [-0.3, -0.25) is 4.68 Å². The maximum Gasteiger partial charge on any atom is 0.243 e. The Kier molecular flexibility index (Phi) is 7.92. The normalized spacial score (nSPS) is 12.2. The lowest BCUT2D eigenvalue weighted by atomic mass is 10.1. The van der Waals surface area contributed by atoms with Gasteiger partial charge in [0.25, 0.3) is 0 Å². The van der Waals surface area contributed by atoms with Gasteiger partial charge in [-0.2, -0.15) is 5.10 Å². The molecule has 0 spiro atoms. The zero-order chi connectivity index (χ0) is 15.7. The highest BCUT2D eigenvalue weighted by atomic mass is 32.2. The number of aryl methyl sites for hydroxylation is 1. The van der Waals surface area contributed by atoms with Crippen LogP contribution in [0.15, 0.2) is 17.3 Å². The first-order valence-corrected chi connectivity index (χ1v) is 9.17. The molecule has 1 heterocycles. The molecule has 0 unspecified atom stereocenters. The van der Waals surface area contributed by atoms with E-state index in [0.717, 1.165) is 38.9 Å². The minimum atomic E-state index is -3.42. The van der Waals surface area contributed by atoms with E-state index < -0.39 is 10.0 Å². The second kappa shape index (κ2) is 9.17. The van der Waals surface area contributed by atoms with Gasteiger partial charge >= 0.3 is 0 Å². The van der Waals surface area contributed by atoms with Crippen molar-refractivity contribution in [2.24, 2.45) is 5.92 Å². The summed E-state index contributed by atoms with van der Waals surface area (Å²) in [6.07, 6.45) is 5.89. The minimum absolute atomic E-state index is 0.243. The number of hydrogen-bond acceptors (Lipinski definition) is 4. The number of hydrogen-bond donors (Lipinski definition) is 2. The maximum absolute atomic E-state index is 12.1. The molecule has 0 aliphatic heterocycles. The lowest BCUT2D eigenvalue weighted by Gasteiger charge is -2.06. The average molecular weight is 316 g/mol. The fourth-order valence-corrected chi connectivity index (χ4v) is 2.84. The first-order chi connectivity index (χ1) is 9.95. The van der Waals surface area contributed by atoms with Crippen LogP contribution in [0.3, 0.4) is 0 Å². The van der Waals surface area contributed by atoms with Crippen LogP contribution in [0.5, 0.6) is 0 Å². The fraction of sp³-hybridized carbons (Fsp3) is 0.786. The first kappa shape index (κ1) is 18.1. The smallest absolute Gasteiger partial charge is 0.243 e. The van der Waals surface area contributed by atoms with Crippen molar-refractivity contribution in [3.8, 4) is 0 Å². The van der Waals surface area contributed by atoms with E-state index in [9.17, 15) is 8.42 Å². The van der Waals surface area contributed by atoms with Crippen molar-refractivity contribution in [2.45, 2.75) is 51.5 Å². The van der Waals surface area contributed by atoms with Crippen LogP contribution in [0.1, 0.15) is 40.0 Å². The molecule has 1 rings (SSSR count). The van der Waals surface area contributed by atoms with E-state index >= 15 is 0 Å². The Balaban J connectivity index is 2.42. The van der Waals surface area contributed by atoms with Gasteiger partial charge in [0.05, 0.1) is 6.20 Å². The van der Waals surface area contributed by atoms with Crippen LogP contribution >= 0.6 is 0 Å². The summed E-state index contributed by atoms with van der Waals surface area (Å²) in [5.74, 6) is 0.478. The van der Waals surface area contributed by atoms with E-state index in [1.165, 1.54) is 6.20 Å². The molecule has 0 bridgehead atoms. The lowest BCUT2D eigenvalue weighted by Crippen LogP contribution is -2.25. The molecule has 2 N–H and O–H groups in total. The van der Waals surface area contributed by atoms with Crippen molar-refractivity contribution in [3.05, 3.63) is 12.4 Å². The summed E-state index contributed by atoms with van der Waals surface area (Å²) in [7, 11) is -3.42. The van der Waals surface area contributed by atoms with Crippen LogP contribution in [-0.4, -0.2) is 37.8 Å². The fourth-order valence-electron chi connectivity index (χ4n) is 1.84. The highest BCUT2D eigenvalue weighted by Gasteiger charge is 2.15. The average Bonchev–Trinajstić information content (AvgIpc) is 2.87. The van der Waals surface area contributed by atoms with Gasteiger partial charge in [-0.15, -0.1) is 0 Å². The van der Waals surface area contributed by atoms with E-state index in [1.54, 1.807) is 10.9 Å². The van der Waals surface area contributed by atoms with Gasteiger partial charge in [-0.05, 0) is 38.3 Å². The zero-order valence-corrected chi connectivity index (χ0v) is 14.1. The number of aromatic nitrogens is 2. The first-order valence-electron chi connectivity index (χ1n) is 7.68. The molecule has 0 aromatic carbocycles. The van der Waals surface area contributed by atoms with Crippen molar-refractivity contribution in [3.63, 3.8) is 0 Å². The molecule has 1 aromatic heterocycles. The van der Waals surface area contributed by atoms with Gasteiger partial charge in [0.2, 0.25) is 10.0 Å². The molecular formula is C14H28N4O2S. The quantitative estimate of drug-likeness (QED) is 0.608. The van der Waals surface area contributed by atoms with E-state index in [0.29, 0.717) is 12.5 Å². The third-order valence-electron chi connectivity index (χ3n) is 3.10. The molecule has 0 fully saturated rings. The highest BCUT2D eigenvalue weighted by molar-refractivity contribution is 7.89. The highest BCUT2D eigenvalue weighted by Crippen LogP contribution is 2.08. The molecule has 122 valence electrons.